The monoisotopic (exact) mass is 525 g/mol. The predicted octanol–water partition coefficient (Wildman–Crippen LogP) is 1.33. The zero-order chi connectivity index (χ0) is 26.6. The van der Waals surface area contributed by atoms with Crippen LogP contribution in [0.2, 0.25) is 0 Å². The highest BCUT2D eigenvalue weighted by Gasteiger charge is 2.54. The number of hydrogen-bond donors (Lipinski definition) is 4. The van der Waals surface area contributed by atoms with Gasteiger partial charge in [-0.3, -0.25) is 19.5 Å². The van der Waals surface area contributed by atoms with Crippen molar-refractivity contribution in [2.45, 2.75) is 50.6 Å². The number of benzene rings is 1. The standard InChI is InChI=1S/C24H27N7O7/c1-2-25-24(35)30-20-17-21(28-11-27-20)31(12-29-17)22-19-18(37-23(38-19)13-6-4-3-5-7-13)14(36-22)10-26-15(32)8-9-16(33)34/h3-7,11-12,14,18-19,22-23H,2,8-10H2,1H3,(H,26,32)(H,33,34)(H2,25,27,28,30,35)/t14?,18?,19?,22?,23-/m0/s1. The molecule has 0 saturated carbocycles. The van der Waals surface area contributed by atoms with Crippen molar-refractivity contribution in [3.63, 3.8) is 0 Å². The summed E-state index contributed by atoms with van der Waals surface area (Å²) in [5.74, 6) is -1.22. The first-order valence-corrected chi connectivity index (χ1v) is 12.2. The number of ether oxygens (including phenoxy) is 3. The van der Waals surface area contributed by atoms with Crippen molar-refractivity contribution in [1.82, 2.24) is 30.2 Å². The molecular weight excluding hydrogens is 498 g/mol. The Morgan fingerprint density at radius 3 is 2.55 bits per heavy atom. The molecule has 2 saturated heterocycles. The van der Waals surface area contributed by atoms with Crippen molar-refractivity contribution < 1.29 is 33.7 Å². The lowest BCUT2D eigenvalue weighted by Gasteiger charge is -2.21. The van der Waals surface area contributed by atoms with Gasteiger partial charge in [-0.05, 0) is 6.92 Å². The zero-order valence-electron chi connectivity index (χ0n) is 20.4. The molecule has 5 atom stereocenters. The van der Waals surface area contributed by atoms with E-state index in [1.807, 2.05) is 30.3 Å². The molecule has 0 radical (unpaired) electrons. The number of rotatable bonds is 9. The van der Waals surface area contributed by atoms with Crippen LogP contribution in [0.1, 0.15) is 37.8 Å². The molecule has 1 aromatic carbocycles. The second-order valence-corrected chi connectivity index (χ2v) is 8.74. The number of nitrogens with one attached hydrogen (secondary N) is 3. The smallest absolute Gasteiger partial charge is 0.320 e. The molecule has 2 aliphatic rings. The Morgan fingerprint density at radius 2 is 1.79 bits per heavy atom. The molecular formula is C24H27N7O7. The zero-order valence-corrected chi connectivity index (χ0v) is 20.4. The number of aliphatic carboxylic acids is 1. The van der Waals surface area contributed by atoms with Crippen LogP contribution >= 0.6 is 0 Å². The molecule has 0 spiro atoms. The Morgan fingerprint density at radius 1 is 1.00 bits per heavy atom. The van der Waals surface area contributed by atoms with Crippen molar-refractivity contribution in [3.05, 3.63) is 48.5 Å². The van der Waals surface area contributed by atoms with Crippen LogP contribution in [-0.2, 0) is 23.8 Å². The minimum Gasteiger partial charge on any atom is -0.481 e. The number of carbonyl (C=O) groups excluding carboxylic acids is 2. The van der Waals surface area contributed by atoms with Gasteiger partial charge >= 0.3 is 12.0 Å². The summed E-state index contributed by atoms with van der Waals surface area (Å²) in [4.78, 5) is 47.9. The number of fused-ring (bicyclic) bond motifs is 2. The van der Waals surface area contributed by atoms with E-state index in [1.54, 1.807) is 11.5 Å². The summed E-state index contributed by atoms with van der Waals surface area (Å²) in [5, 5.41) is 16.9. The second kappa shape index (κ2) is 11.1. The molecule has 4 heterocycles. The van der Waals surface area contributed by atoms with E-state index in [0.717, 1.165) is 5.56 Å². The second-order valence-electron chi connectivity index (χ2n) is 8.74. The van der Waals surface area contributed by atoms with Crippen molar-refractivity contribution in [2.24, 2.45) is 0 Å². The Labute approximate surface area is 216 Å². The van der Waals surface area contributed by atoms with E-state index in [-0.39, 0.29) is 25.2 Å². The average Bonchev–Trinajstić information content (AvgIpc) is 3.61. The number of carboxylic acids is 1. The van der Waals surface area contributed by atoms with E-state index in [4.69, 9.17) is 19.3 Å². The SMILES string of the molecule is CCNC(=O)Nc1ncnc2c1ncn2C1OC(CNC(=O)CCC(=O)O)C2O[C@H](c3ccccc3)OC21. The average molecular weight is 526 g/mol. The molecule has 2 aromatic heterocycles. The maximum Gasteiger partial charge on any atom is 0.320 e. The first kappa shape index (κ1) is 25.5. The van der Waals surface area contributed by atoms with E-state index in [2.05, 4.69) is 30.9 Å². The van der Waals surface area contributed by atoms with Gasteiger partial charge in [0.05, 0.1) is 12.7 Å². The lowest BCUT2D eigenvalue weighted by molar-refractivity contribution is -0.148. The first-order chi connectivity index (χ1) is 18.4. The number of urea groups is 1. The van der Waals surface area contributed by atoms with Crippen LogP contribution in [0.5, 0.6) is 0 Å². The Bertz CT molecular complexity index is 1320. The molecule has 4 N–H and O–H groups in total. The van der Waals surface area contributed by atoms with Gasteiger partial charge in [-0.15, -0.1) is 0 Å². The van der Waals surface area contributed by atoms with E-state index in [1.165, 1.54) is 12.7 Å². The van der Waals surface area contributed by atoms with E-state index in [0.29, 0.717) is 17.7 Å². The molecule has 0 aliphatic carbocycles. The van der Waals surface area contributed by atoms with E-state index >= 15 is 0 Å². The summed E-state index contributed by atoms with van der Waals surface area (Å²) in [5.41, 5.74) is 1.60. The number of aromatic nitrogens is 4. The van der Waals surface area contributed by atoms with Crippen molar-refractivity contribution in [2.75, 3.05) is 18.4 Å². The van der Waals surface area contributed by atoms with Crippen LogP contribution in [0.25, 0.3) is 11.2 Å². The summed E-state index contributed by atoms with van der Waals surface area (Å²) in [6.45, 7) is 2.34. The Balaban J connectivity index is 1.39. The van der Waals surface area contributed by atoms with E-state index < -0.39 is 48.7 Å². The van der Waals surface area contributed by atoms with Gasteiger partial charge in [0.1, 0.15) is 24.6 Å². The van der Waals surface area contributed by atoms with Gasteiger partial charge in [-0.1, -0.05) is 30.3 Å². The molecule has 4 unspecified atom stereocenters. The third kappa shape index (κ3) is 5.27. The summed E-state index contributed by atoms with van der Waals surface area (Å²) in [6.07, 6.45) is -0.660. The molecule has 0 bridgehead atoms. The summed E-state index contributed by atoms with van der Waals surface area (Å²) in [6, 6.07) is 9.02. The third-order valence-corrected chi connectivity index (χ3v) is 6.19. The lowest BCUT2D eigenvalue weighted by Crippen LogP contribution is -2.39. The molecule has 2 aliphatic heterocycles. The summed E-state index contributed by atoms with van der Waals surface area (Å²) in [7, 11) is 0. The fourth-order valence-corrected chi connectivity index (χ4v) is 4.46. The van der Waals surface area contributed by atoms with Gasteiger partial charge in [0.15, 0.2) is 29.5 Å². The number of nitrogens with zero attached hydrogens (tertiary/aromatic N) is 4. The largest absolute Gasteiger partial charge is 0.481 e. The Hall–Kier alpha value is -4.14. The van der Waals surface area contributed by atoms with Crippen LogP contribution in [-0.4, -0.2) is 73.9 Å². The van der Waals surface area contributed by atoms with Gasteiger partial charge in [-0.25, -0.2) is 19.7 Å². The molecule has 200 valence electrons. The third-order valence-electron chi connectivity index (χ3n) is 6.19. The van der Waals surface area contributed by atoms with E-state index in [9.17, 15) is 14.4 Å². The van der Waals surface area contributed by atoms with Crippen LogP contribution in [0.3, 0.4) is 0 Å². The van der Waals surface area contributed by atoms with Crippen molar-refractivity contribution in [1.29, 1.82) is 0 Å². The molecule has 14 heteroatoms. The number of carboxylic acid groups (broad SMARTS) is 1. The van der Waals surface area contributed by atoms with Crippen LogP contribution in [0, 0.1) is 0 Å². The highest BCUT2D eigenvalue weighted by molar-refractivity contribution is 5.95. The Kier molecular flexibility index (Phi) is 7.44. The normalized spacial score (nSPS) is 24.2. The highest BCUT2D eigenvalue weighted by Crippen LogP contribution is 2.44. The number of carbonyl (C=O) groups is 3. The van der Waals surface area contributed by atoms with Gasteiger partial charge in [0, 0.05) is 25.1 Å². The minimum atomic E-state index is -1.05. The van der Waals surface area contributed by atoms with Gasteiger partial charge in [0.25, 0.3) is 0 Å². The number of imidazole rings is 1. The molecule has 5 rings (SSSR count). The number of anilines is 1. The van der Waals surface area contributed by atoms with Gasteiger partial charge in [0.2, 0.25) is 5.91 Å². The fourth-order valence-electron chi connectivity index (χ4n) is 4.46. The summed E-state index contributed by atoms with van der Waals surface area (Å²) < 4.78 is 20.5. The molecule has 3 aromatic rings. The van der Waals surface area contributed by atoms with Crippen LogP contribution in [0.4, 0.5) is 10.6 Å². The fraction of sp³-hybridized carbons (Fsp3) is 0.417. The van der Waals surface area contributed by atoms with Gasteiger partial charge in [-0.2, -0.15) is 0 Å². The molecule has 3 amide bonds. The molecule has 2 fully saturated rings. The van der Waals surface area contributed by atoms with Crippen LogP contribution in [0.15, 0.2) is 43.0 Å². The van der Waals surface area contributed by atoms with Crippen molar-refractivity contribution >= 4 is 34.9 Å². The van der Waals surface area contributed by atoms with Gasteiger partial charge < -0.3 is 30.0 Å². The lowest BCUT2D eigenvalue weighted by atomic mass is 10.1. The summed E-state index contributed by atoms with van der Waals surface area (Å²) >= 11 is 0. The quantitative estimate of drug-likeness (QED) is 0.318. The number of hydrogen-bond acceptors (Lipinski definition) is 9. The minimum absolute atomic E-state index is 0.0899. The number of amides is 3. The van der Waals surface area contributed by atoms with Crippen LogP contribution < -0.4 is 16.0 Å². The maximum atomic E-state index is 12.2. The molecule has 14 nitrogen and oxygen atoms in total. The maximum absolute atomic E-state index is 12.2. The molecule has 38 heavy (non-hydrogen) atoms. The van der Waals surface area contributed by atoms with Crippen molar-refractivity contribution in [3.8, 4) is 0 Å². The predicted molar refractivity (Wildman–Crippen MR) is 131 cm³/mol. The topological polar surface area (TPSA) is 179 Å². The first-order valence-electron chi connectivity index (χ1n) is 12.2. The highest BCUT2D eigenvalue weighted by atomic mass is 16.8.